The molecule has 2 aliphatic rings. The number of benzene rings is 1. The van der Waals surface area contributed by atoms with Gasteiger partial charge in [-0.05, 0) is 31.9 Å². The lowest BCUT2D eigenvalue weighted by Crippen LogP contribution is -2.36. The predicted molar refractivity (Wildman–Crippen MR) is 74.4 cm³/mol. The van der Waals surface area contributed by atoms with Gasteiger partial charge in [0.2, 0.25) is 0 Å². The van der Waals surface area contributed by atoms with Crippen LogP contribution in [0.2, 0.25) is 0 Å². The SMILES string of the molecule is Fc1c(CC2CCCCN2)c(Br)cc2c1OCCO2. The third-order valence-electron chi connectivity index (χ3n) is 3.68. The summed E-state index contributed by atoms with van der Waals surface area (Å²) in [4.78, 5) is 0. The van der Waals surface area contributed by atoms with Gasteiger partial charge in [-0.3, -0.25) is 0 Å². The van der Waals surface area contributed by atoms with Crippen LogP contribution in [-0.2, 0) is 6.42 Å². The van der Waals surface area contributed by atoms with Gasteiger partial charge in [0, 0.05) is 16.1 Å². The molecule has 2 heterocycles. The van der Waals surface area contributed by atoms with Gasteiger partial charge in [0.1, 0.15) is 13.2 Å². The number of nitrogens with one attached hydrogen (secondary N) is 1. The highest BCUT2D eigenvalue weighted by molar-refractivity contribution is 9.10. The lowest BCUT2D eigenvalue weighted by Gasteiger charge is -2.26. The predicted octanol–water partition coefficient (Wildman–Crippen LogP) is 3.04. The minimum atomic E-state index is -0.281. The van der Waals surface area contributed by atoms with E-state index in [0.29, 0.717) is 37.0 Å². The lowest BCUT2D eigenvalue weighted by molar-refractivity contribution is 0.163. The minimum absolute atomic E-state index is 0.264. The molecule has 0 aromatic heterocycles. The van der Waals surface area contributed by atoms with Gasteiger partial charge >= 0.3 is 0 Å². The molecule has 0 bridgehead atoms. The van der Waals surface area contributed by atoms with Gasteiger partial charge in [-0.25, -0.2) is 4.39 Å². The van der Waals surface area contributed by atoms with Crippen LogP contribution in [0.5, 0.6) is 11.5 Å². The van der Waals surface area contributed by atoms with E-state index in [2.05, 4.69) is 21.2 Å². The minimum Gasteiger partial charge on any atom is -0.486 e. The summed E-state index contributed by atoms with van der Waals surface area (Å²) in [6.45, 7) is 1.91. The van der Waals surface area contributed by atoms with Gasteiger partial charge in [0.05, 0.1) is 0 Å². The lowest BCUT2D eigenvalue weighted by atomic mass is 9.97. The van der Waals surface area contributed by atoms with Crippen molar-refractivity contribution in [3.8, 4) is 11.5 Å². The normalized spacial score (nSPS) is 22.3. The summed E-state index contributed by atoms with van der Waals surface area (Å²) in [6, 6.07) is 2.16. The summed E-state index contributed by atoms with van der Waals surface area (Å²) in [5.74, 6) is 0.479. The summed E-state index contributed by atoms with van der Waals surface area (Å²) >= 11 is 3.45. The zero-order valence-electron chi connectivity index (χ0n) is 10.7. The Labute approximate surface area is 120 Å². The molecular formula is C14H17BrFNO2. The molecule has 1 N–H and O–H groups in total. The molecule has 3 rings (SSSR count). The van der Waals surface area contributed by atoms with Gasteiger partial charge < -0.3 is 14.8 Å². The number of hydrogen-bond acceptors (Lipinski definition) is 3. The second-order valence-corrected chi connectivity index (χ2v) is 5.88. The average molecular weight is 330 g/mol. The van der Waals surface area contributed by atoms with E-state index >= 15 is 0 Å². The van der Waals surface area contributed by atoms with Crippen molar-refractivity contribution in [2.75, 3.05) is 19.8 Å². The first-order valence-electron chi connectivity index (χ1n) is 6.75. The van der Waals surface area contributed by atoms with Crippen LogP contribution in [0.3, 0.4) is 0 Å². The molecule has 1 fully saturated rings. The van der Waals surface area contributed by atoms with Crippen LogP contribution in [0.1, 0.15) is 24.8 Å². The zero-order chi connectivity index (χ0) is 13.2. The van der Waals surface area contributed by atoms with Gasteiger partial charge in [0.25, 0.3) is 0 Å². The second kappa shape index (κ2) is 5.67. The molecule has 5 heteroatoms. The molecule has 0 spiro atoms. The first kappa shape index (κ1) is 13.2. The Morgan fingerprint density at radius 2 is 2.16 bits per heavy atom. The third-order valence-corrected chi connectivity index (χ3v) is 4.39. The Balaban J connectivity index is 1.87. The van der Waals surface area contributed by atoms with Crippen LogP contribution in [0, 0.1) is 5.82 Å². The van der Waals surface area contributed by atoms with Crippen molar-refractivity contribution in [3.05, 3.63) is 21.9 Å². The van der Waals surface area contributed by atoms with E-state index in [1.165, 1.54) is 12.8 Å². The number of fused-ring (bicyclic) bond motifs is 1. The Bertz CT molecular complexity index is 475. The van der Waals surface area contributed by atoms with E-state index in [1.807, 2.05) is 6.07 Å². The van der Waals surface area contributed by atoms with Crippen molar-refractivity contribution in [1.82, 2.24) is 5.32 Å². The number of ether oxygens (including phenoxy) is 2. The largest absolute Gasteiger partial charge is 0.486 e. The van der Waals surface area contributed by atoms with Crippen molar-refractivity contribution >= 4 is 15.9 Å². The highest BCUT2D eigenvalue weighted by Gasteiger charge is 2.24. The Hall–Kier alpha value is -0.810. The van der Waals surface area contributed by atoms with Crippen LogP contribution in [0.25, 0.3) is 0 Å². The molecule has 1 aromatic carbocycles. The van der Waals surface area contributed by atoms with Crippen molar-refractivity contribution < 1.29 is 13.9 Å². The first-order chi connectivity index (χ1) is 9.25. The smallest absolute Gasteiger partial charge is 0.197 e. The van der Waals surface area contributed by atoms with Gasteiger partial charge in [-0.15, -0.1) is 0 Å². The molecule has 2 aliphatic heterocycles. The zero-order valence-corrected chi connectivity index (χ0v) is 12.3. The molecule has 0 radical (unpaired) electrons. The number of piperidine rings is 1. The van der Waals surface area contributed by atoms with Gasteiger partial charge in [0.15, 0.2) is 17.3 Å². The molecule has 104 valence electrons. The highest BCUT2D eigenvalue weighted by Crippen LogP contribution is 2.39. The van der Waals surface area contributed by atoms with E-state index in [0.717, 1.165) is 17.4 Å². The molecule has 1 atom stereocenters. The molecule has 3 nitrogen and oxygen atoms in total. The van der Waals surface area contributed by atoms with Crippen LogP contribution in [0.4, 0.5) is 4.39 Å². The molecule has 19 heavy (non-hydrogen) atoms. The topological polar surface area (TPSA) is 30.5 Å². The Morgan fingerprint density at radius 3 is 2.95 bits per heavy atom. The van der Waals surface area contributed by atoms with Crippen molar-refractivity contribution in [2.45, 2.75) is 31.7 Å². The average Bonchev–Trinajstić information content (AvgIpc) is 2.45. The fourth-order valence-electron chi connectivity index (χ4n) is 2.69. The van der Waals surface area contributed by atoms with E-state index in [4.69, 9.17) is 9.47 Å². The highest BCUT2D eigenvalue weighted by atomic mass is 79.9. The summed E-state index contributed by atoms with van der Waals surface area (Å²) in [6.07, 6.45) is 4.20. The van der Waals surface area contributed by atoms with Crippen LogP contribution < -0.4 is 14.8 Å². The van der Waals surface area contributed by atoms with Crippen molar-refractivity contribution in [3.63, 3.8) is 0 Å². The number of halogens is 2. The fourth-order valence-corrected chi connectivity index (χ4v) is 3.23. The Kier molecular flexibility index (Phi) is 3.93. The molecule has 0 aliphatic carbocycles. The third kappa shape index (κ3) is 2.72. The molecule has 0 amide bonds. The first-order valence-corrected chi connectivity index (χ1v) is 7.55. The van der Waals surface area contributed by atoms with Gasteiger partial charge in [-0.2, -0.15) is 0 Å². The van der Waals surface area contributed by atoms with Crippen molar-refractivity contribution in [2.24, 2.45) is 0 Å². The van der Waals surface area contributed by atoms with E-state index < -0.39 is 0 Å². The molecule has 1 aromatic rings. The maximum atomic E-state index is 14.5. The van der Waals surface area contributed by atoms with Crippen molar-refractivity contribution in [1.29, 1.82) is 0 Å². The number of rotatable bonds is 2. The summed E-state index contributed by atoms with van der Waals surface area (Å²) < 4.78 is 26.1. The van der Waals surface area contributed by atoms with E-state index in [9.17, 15) is 4.39 Å². The quantitative estimate of drug-likeness (QED) is 0.904. The summed E-state index contributed by atoms with van der Waals surface area (Å²) in [7, 11) is 0. The molecule has 1 unspecified atom stereocenters. The maximum absolute atomic E-state index is 14.5. The van der Waals surface area contributed by atoms with Crippen LogP contribution in [-0.4, -0.2) is 25.8 Å². The monoisotopic (exact) mass is 329 g/mol. The maximum Gasteiger partial charge on any atom is 0.197 e. The standard InChI is InChI=1S/C14H17BrFNO2/c15-11-8-12-14(19-6-5-18-12)13(16)10(11)7-9-3-1-2-4-17-9/h8-9,17H,1-7H2. The molecule has 0 saturated carbocycles. The fraction of sp³-hybridized carbons (Fsp3) is 0.571. The molecular weight excluding hydrogens is 313 g/mol. The number of hydrogen-bond donors (Lipinski definition) is 1. The Morgan fingerprint density at radius 1 is 1.32 bits per heavy atom. The van der Waals surface area contributed by atoms with Crippen LogP contribution in [0.15, 0.2) is 10.5 Å². The second-order valence-electron chi connectivity index (χ2n) is 5.03. The summed E-state index contributed by atoms with van der Waals surface area (Å²) in [5, 5.41) is 3.44. The van der Waals surface area contributed by atoms with Gasteiger partial charge in [-0.1, -0.05) is 22.4 Å². The van der Waals surface area contributed by atoms with E-state index in [1.54, 1.807) is 0 Å². The molecule has 1 saturated heterocycles. The van der Waals surface area contributed by atoms with E-state index in [-0.39, 0.29) is 11.6 Å². The van der Waals surface area contributed by atoms with Crippen LogP contribution >= 0.6 is 15.9 Å². The summed E-state index contributed by atoms with van der Waals surface area (Å²) in [5.41, 5.74) is 0.684.